The predicted molar refractivity (Wildman–Crippen MR) is 92.5 cm³/mol. The summed E-state index contributed by atoms with van der Waals surface area (Å²) in [5.74, 6) is -0.455. The van der Waals surface area contributed by atoms with Gasteiger partial charge in [0.15, 0.2) is 0 Å². The topological polar surface area (TPSA) is 76.7 Å². The van der Waals surface area contributed by atoms with Gasteiger partial charge in [-0.15, -0.1) is 11.3 Å². The van der Waals surface area contributed by atoms with Gasteiger partial charge in [-0.3, -0.25) is 5.32 Å². The molecule has 2 amide bonds. The smallest absolute Gasteiger partial charge is 0.340 e. The number of carbonyl (C=O) groups excluding carboxylic acids is 2. The minimum absolute atomic E-state index is 0.110. The highest BCUT2D eigenvalue weighted by Crippen LogP contribution is 2.36. The number of urea groups is 1. The average Bonchev–Trinajstić information content (AvgIpc) is 2.90. The third-order valence-electron chi connectivity index (χ3n) is 3.06. The first kappa shape index (κ1) is 19.4. The standard InChI is InChI=1S/C16H26N2O4S/c1-6-22-9-7-8-17-15(20)18-13-11(14(19)21-5)10-12(23-13)16(2,3)4/h10H,6-9H2,1-5H3,(H2,17,18,20). The minimum Gasteiger partial charge on any atom is -0.465 e. The summed E-state index contributed by atoms with van der Waals surface area (Å²) in [5, 5.41) is 5.99. The van der Waals surface area contributed by atoms with Gasteiger partial charge in [-0.1, -0.05) is 20.8 Å². The van der Waals surface area contributed by atoms with Crippen LogP contribution in [0.25, 0.3) is 0 Å². The molecule has 1 aromatic heterocycles. The van der Waals surface area contributed by atoms with Crippen molar-refractivity contribution in [2.75, 3.05) is 32.2 Å². The Balaban J connectivity index is 2.72. The Kier molecular flexibility index (Phi) is 7.51. The number of hydrogen-bond donors (Lipinski definition) is 2. The molecule has 0 saturated heterocycles. The van der Waals surface area contributed by atoms with E-state index in [0.29, 0.717) is 30.3 Å². The number of thiophene rings is 1. The van der Waals surface area contributed by atoms with Crippen LogP contribution in [0.2, 0.25) is 0 Å². The van der Waals surface area contributed by atoms with Crippen molar-refractivity contribution in [2.45, 2.75) is 39.5 Å². The van der Waals surface area contributed by atoms with E-state index in [1.54, 1.807) is 6.07 Å². The summed E-state index contributed by atoms with van der Waals surface area (Å²) in [6.07, 6.45) is 0.739. The van der Waals surface area contributed by atoms with E-state index in [2.05, 4.69) is 31.4 Å². The number of methoxy groups -OCH3 is 1. The van der Waals surface area contributed by atoms with Crippen LogP contribution in [0.4, 0.5) is 9.80 Å². The van der Waals surface area contributed by atoms with Crippen LogP contribution in [0, 0.1) is 0 Å². The van der Waals surface area contributed by atoms with E-state index in [-0.39, 0.29) is 11.4 Å². The molecule has 0 aliphatic carbocycles. The molecule has 0 bridgehead atoms. The summed E-state index contributed by atoms with van der Waals surface area (Å²) >= 11 is 1.39. The van der Waals surface area contributed by atoms with E-state index < -0.39 is 5.97 Å². The van der Waals surface area contributed by atoms with Gasteiger partial charge in [0.05, 0.1) is 12.7 Å². The van der Waals surface area contributed by atoms with E-state index in [4.69, 9.17) is 9.47 Å². The van der Waals surface area contributed by atoms with Crippen molar-refractivity contribution in [3.63, 3.8) is 0 Å². The molecule has 0 aliphatic heterocycles. The molecule has 0 radical (unpaired) electrons. The van der Waals surface area contributed by atoms with Crippen molar-refractivity contribution in [1.29, 1.82) is 0 Å². The molecular formula is C16H26N2O4S. The fraction of sp³-hybridized carbons (Fsp3) is 0.625. The molecule has 23 heavy (non-hydrogen) atoms. The molecule has 1 heterocycles. The maximum absolute atomic E-state index is 12.0. The van der Waals surface area contributed by atoms with Gasteiger partial charge in [-0.25, -0.2) is 9.59 Å². The zero-order chi connectivity index (χ0) is 17.5. The first-order valence-corrected chi connectivity index (χ1v) is 8.46. The third kappa shape index (κ3) is 6.19. The van der Waals surface area contributed by atoms with Crippen LogP contribution in [0.1, 0.15) is 49.4 Å². The summed E-state index contributed by atoms with van der Waals surface area (Å²) < 4.78 is 10.00. The molecule has 0 fully saturated rings. The molecule has 0 saturated carbocycles. The second kappa shape index (κ2) is 8.88. The minimum atomic E-state index is -0.455. The molecule has 0 aromatic carbocycles. The van der Waals surface area contributed by atoms with Gasteiger partial charge in [0, 0.05) is 24.6 Å². The van der Waals surface area contributed by atoms with Crippen LogP contribution in [-0.2, 0) is 14.9 Å². The third-order valence-corrected chi connectivity index (χ3v) is 4.54. The van der Waals surface area contributed by atoms with Crippen molar-refractivity contribution in [2.24, 2.45) is 0 Å². The molecular weight excluding hydrogens is 316 g/mol. The average molecular weight is 342 g/mol. The molecule has 6 nitrogen and oxygen atoms in total. The highest BCUT2D eigenvalue weighted by Gasteiger charge is 2.24. The van der Waals surface area contributed by atoms with Crippen LogP contribution in [0.15, 0.2) is 6.07 Å². The van der Waals surface area contributed by atoms with Gasteiger partial charge in [-0.05, 0) is 24.8 Å². The lowest BCUT2D eigenvalue weighted by Crippen LogP contribution is -2.30. The number of esters is 1. The van der Waals surface area contributed by atoms with Gasteiger partial charge in [-0.2, -0.15) is 0 Å². The molecule has 7 heteroatoms. The van der Waals surface area contributed by atoms with E-state index in [1.807, 2.05) is 6.92 Å². The number of amides is 2. The van der Waals surface area contributed by atoms with Gasteiger partial charge >= 0.3 is 12.0 Å². The molecule has 1 aromatic rings. The Morgan fingerprint density at radius 1 is 1.30 bits per heavy atom. The highest BCUT2D eigenvalue weighted by molar-refractivity contribution is 7.16. The van der Waals surface area contributed by atoms with Crippen molar-refractivity contribution in [1.82, 2.24) is 5.32 Å². The van der Waals surface area contributed by atoms with Crippen molar-refractivity contribution in [3.8, 4) is 0 Å². The highest BCUT2D eigenvalue weighted by atomic mass is 32.1. The number of carbonyl (C=O) groups is 2. The van der Waals surface area contributed by atoms with Crippen LogP contribution in [-0.4, -0.2) is 38.9 Å². The first-order chi connectivity index (χ1) is 10.8. The number of ether oxygens (including phenoxy) is 2. The van der Waals surface area contributed by atoms with Crippen LogP contribution >= 0.6 is 11.3 Å². The Morgan fingerprint density at radius 2 is 2.00 bits per heavy atom. The zero-order valence-electron chi connectivity index (χ0n) is 14.4. The Hall–Kier alpha value is -1.60. The molecule has 2 N–H and O–H groups in total. The summed E-state index contributed by atoms with van der Waals surface area (Å²) in [6, 6.07) is 1.44. The predicted octanol–water partition coefficient (Wildman–Crippen LogP) is 3.38. The monoisotopic (exact) mass is 342 g/mol. The van der Waals surface area contributed by atoms with Crippen molar-refractivity contribution < 1.29 is 19.1 Å². The van der Waals surface area contributed by atoms with Crippen LogP contribution in [0.3, 0.4) is 0 Å². The van der Waals surface area contributed by atoms with E-state index >= 15 is 0 Å². The maximum Gasteiger partial charge on any atom is 0.340 e. The lowest BCUT2D eigenvalue weighted by atomic mass is 9.94. The molecule has 1 rings (SSSR count). The second-order valence-corrected chi connectivity index (χ2v) is 7.08. The number of anilines is 1. The molecule has 0 spiro atoms. The van der Waals surface area contributed by atoms with E-state index in [1.165, 1.54) is 18.4 Å². The molecule has 0 aliphatic rings. The number of nitrogens with one attached hydrogen (secondary N) is 2. The van der Waals surface area contributed by atoms with E-state index in [9.17, 15) is 9.59 Å². The fourth-order valence-electron chi connectivity index (χ4n) is 1.78. The van der Waals surface area contributed by atoms with Crippen molar-refractivity contribution in [3.05, 3.63) is 16.5 Å². The Bertz CT molecular complexity index is 535. The Morgan fingerprint density at radius 3 is 2.57 bits per heavy atom. The summed E-state index contributed by atoms with van der Waals surface area (Å²) in [6.45, 7) is 9.87. The van der Waals surface area contributed by atoms with Gasteiger partial charge in [0.2, 0.25) is 0 Å². The lowest BCUT2D eigenvalue weighted by molar-refractivity contribution is 0.0602. The molecule has 130 valence electrons. The zero-order valence-corrected chi connectivity index (χ0v) is 15.3. The number of hydrogen-bond acceptors (Lipinski definition) is 5. The summed E-state index contributed by atoms with van der Waals surface area (Å²) in [7, 11) is 1.33. The second-order valence-electron chi connectivity index (χ2n) is 6.03. The fourth-order valence-corrected chi connectivity index (χ4v) is 2.88. The first-order valence-electron chi connectivity index (χ1n) is 7.64. The maximum atomic E-state index is 12.0. The van der Waals surface area contributed by atoms with Crippen LogP contribution < -0.4 is 10.6 Å². The lowest BCUT2D eigenvalue weighted by Gasteiger charge is -2.15. The van der Waals surface area contributed by atoms with E-state index in [0.717, 1.165) is 11.3 Å². The van der Waals surface area contributed by atoms with Gasteiger partial charge in [0.25, 0.3) is 0 Å². The Labute approximate surface area is 141 Å². The van der Waals surface area contributed by atoms with Crippen LogP contribution in [0.5, 0.6) is 0 Å². The summed E-state index contributed by atoms with van der Waals surface area (Å²) in [5.41, 5.74) is 0.272. The van der Waals surface area contributed by atoms with Gasteiger partial charge in [0.1, 0.15) is 5.00 Å². The molecule has 0 unspecified atom stereocenters. The number of rotatable bonds is 7. The largest absolute Gasteiger partial charge is 0.465 e. The normalized spacial score (nSPS) is 11.2. The van der Waals surface area contributed by atoms with Gasteiger partial charge < -0.3 is 14.8 Å². The summed E-state index contributed by atoms with van der Waals surface area (Å²) in [4.78, 5) is 24.8. The quantitative estimate of drug-likeness (QED) is 0.588. The van der Waals surface area contributed by atoms with Crippen molar-refractivity contribution >= 4 is 28.3 Å². The molecule has 0 atom stereocenters. The SMILES string of the molecule is CCOCCCNC(=O)Nc1sc(C(C)(C)C)cc1C(=O)OC.